The van der Waals surface area contributed by atoms with E-state index in [1.54, 1.807) is 12.1 Å². The highest BCUT2D eigenvalue weighted by Crippen LogP contribution is 2.22. The molecular weight excluding hydrogens is 276 g/mol. The highest BCUT2D eigenvalue weighted by Gasteiger charge is 2.15. The fourth-order valence-corrected chi connectivity index (χ4v) is 3.02. The molecule has 6 heteroatoms. The van der Waals surface area contributed by atoms with Crippen LogP contribution in [0.3, 0.4) is 0 Å². The molecule has 1 fully saturated rings. The standard InChI is InChI=1S/C14H18N2O3S/c17-14(15-9-3-1-2-4-10-15)11-20-13-7-5-12(6-8-13)16(18)19/h5-8H,1-4,9-11H2. The first-order valence-corrected chi connectivity index (χ1v) is 7.80. The van der Waals surface area contributed by atoms with E-state index in [9.17, 15) is 14.9 Å². The zero-order valence-electron chi connectivity index (χ0n) is 11.3. The number of amides is 1. The second-order valence-corrected chi connectivity index (χ2v) is 5.88. The van der Waals surface area contributed by atoms with Gasteiger partial charge in [0.15, 0.2) is 0 Å². The Kier molecular flexibility index (Phi) is 5.40. The van der Waals surface area contributed by atoms with Crippen molar-refractivity contribution in [3.05, 3.63) is 34.4 Å². The van der Waals surface area contributed by atoms with Gasteiger partial charge >= 0.3 is 0 Å². The van der Waals surface area contributed by atoms with Gasteiger partial charge < -0.3 is 4.90 Å². The van der Waals surface area contributed by atoms with Crippen molar-refractivity contribution < 1.29 is 9.72 Å². The molecule has 2 rings (SSSR count). The number of hydrogen-bond acceptors (Lipinski definition) is 4. The molecule has 1 saturated heterocycles. The lowest BCUT2D eigenvalue weighted by atomic mass is 10.2. The van der Waals surface area contributed by atoms with Gasteiger partial charge in [0.2, 0.25) is 5.91 Å². The summed E-state index contributed by atoms with van der Waals surface area (Å²) in [6.45, 7) is 1.72. The molecule has 0 aromatic heterocycles. The Hall–Kier alpha value is -1.56. The van der Waals surface area contributed by atoms with E-state index in [0.29, 0.717) is 5.75 Å². The van der Waals surface area contributed by atoms with Gasteiger partial charge in [-0.15, -0.1) is 11.8 Å². The highest BCUT2D eigenvalue weighted by atomic mass is 32.2. The van der Waals surface area contributed by atoms with E-state index < -0.39 is 4.92 Å². The SMILES string of the molecule is O=C(CSc1ccc([N+](=O)[O-])cc1)N1CCCCCC1. The van der Waals surface area contributed by atoms with Crippen LogP contribution in [0.1, 0.15) is 25.7 Å². The van der Waals surface area contributed by atoms with Crippen LogP contribution in [-0.4, -0.2) is 34.6 Å². The molecular formula is C14H18N2O3S. The molecule has 1 aliphatic rings. The number of nitrogens with zero attached hydrogens (tertiary/aromatic N) is 2. The summed E-state index contributed by atoms with van der Waals surface area (Å²) in [5.74, 6) is 0.563. The molecule has 0 unspecified atom stereocenters. The van der Waals surface area contributed by atoms with Gasteiger partial charge in [-0.3, -0.25) is 14.9 Å². The molecule has 0 saturated carbocycles. The Morgan fingerprint density at radius 3 is 2.30 bits per heavy atom. The summed E-state index contributed by atoms with van der Waals surface area (Å²) in [6, 6.07) is 6.33. The quantitative estimate of drug-likeness (QED) is 0.486. The summed E-state index contributed by atoms with van der Waals surface area (Å²) >= 11 is 1.44. The number of carbonyl (C=O) groups excluding carboxylic acids is 1. The predicted octanol–water partition coefficient (Wildman–Crippen LogP) is 3.09. The molecule has 1 aliphatic heterocycles. The number of hydrogen-bond donors (Lipinski definition) is 0. The molecule has 1 aromatic carbocycles. The molecule has 0 bridgehead atoms. The molecule has 1 amide bonds. The van der Waals surface area contributed by atoms with Crippen LogP contribution < -0.4 is 0 Å². The summed E-state index contributed by atoms with van der Waals surface area (Å²) in [6.07, 6.45) is 4.60. The van der Waals surface area contributed by atoms with E-state index in [1.165, 1.54) is 36.7 Å². The number of carbonyl (C=O) groups is 1. The van der Waals surface area contributed by atoms with E-state index >= 15 is 0 Å². The first kappa shape index (κ1) is 14.8. The first-order valence-electron chi connectivity index (χ1n) is 6.82. The summed E-state index contributed by atoms with van der Waals surface area (Å²) in [5.41, 5.74) is 0.0770. The molecule has 1 heterocycles. The van der Waals surface area contributed by atoms with Gasteiger partial charge in [0.05, 0.1) is 10.7 Å². The number of non-ortho nitro benzene ring substituents is 1. The highest BCUT2D eigenvalue weighted by molar-refractivity contribution is 8.00. The van der Waals surface area contributed by atoms with Gasteiger partial charge in [-0.25, -0.2) is 0 Å². The number of thioether (sulfide) groups is 1. The van der Waals surface area contributed by atoms with Gasteiger partial charge in [0.1, 0.15) is 0 Å². The van der Waals surface area contributed by atoms with Gasteiger partial charge in [0.25, 0.3) is 5.69 Å². The molecule has 0 N–H and O–H groups in total. The lowest BCUT2D eigenvalue weighted by Crippen LogP contribution is -2.33. The Labute approximate surface area is 122 Å². The van der Waals surface area contributed by atoms with Crippen molar-refractivity contribution in [2.24, 2.45) is 0 Å². The number of nitro groups is 1. The maximum absolute atomic E-state index is 12.1. The fourth-order valence-electron chi connectivity index (χ4n) is 2.22. The minimum absolute atomic E-state index is 0.0770. The molecule has 0 radical (unpaired) electrons. The minimum atomic E-state index is -0.420. The van der Waals surface area contributed by atoms with Gasteiger partial charge in [-0.2, -0.15) is 0 Å². The number of likely N-dealkylation sites (tertiary alicyclic amines) is 1. The Morgan fingerprint density at radius 2 is 1.75 bits per heavy atom. The van der Waals surface area contributed by atoms with Crippen LogP contribution in [0.4, 0.5) is 5.69 Å². The van der Waals surface area contributed by atoms with Crippen LogP contribution >= 0.6 is 11.8 Å². The summed E-state index contributed by atoms with van der Waals surface area (Å²) < 4.78 is 0. The average molecular weight is 294 g/mol. The molecule has 108 valence electrons. The maximum Gasteiger partial charge on any atom is 0.269 e. The lowest BCUT2D eigenvalue weighted by Gasteiger charge is -2.19. The van der Waals surface area contributed by atoms with E-state index in [1.807, 2.05) is 4.90 Å². The van der Waals surface area contributed by atoms with Crippen molar-refractivity contribution in [3.63, 3.8) is 0 Å². The lowest BCUT2D eigenvalue weighted by molar-refractivity contribution is -0.384. The van der Waals surface area contributed by atoms with E-state index in [-0.39, 0.29) is 11.6 Å². The Balaban J connectivity index is 1.84. The van der Waals surface area contributed by atoms with Crippen LogP contribution in [-0.2, 0) is 4.79 Å². The fraction of sp³-hybridized carbons (Fsp3) is 0.500. The maximum atomic E-state index is 12.1. The molecule has 0 spiro atoms. The van der Waals surface area contributed by atoms with Crippen LogP contribution in [0.15, 0.2) is 29.2 Å². The summed E-state index contributed by atoms with van der Waals surface area (Å²) in [5, 5.41) is 10.6. The molecule has 20 heavy (non-hydrogen) atoms. The van der Waals surface area contributed by atoms with Crippen molar-refractivity contribution in [2.75, 3.05) is 18.8 Å². The van der Waals surface area contributed by atoms with Crippen molar-refractivity contribution >= 4 is 23.4 Å². The van der Waals surface area contributed by atoms with Crippen molar-refractivity contribution in [2.45, 2.75) is 30.6 Å². The van der Waals surface area contributed by atoms with Crippen molar-refractivity contribution in [1.29, 1.82) is 0 Å². The van der Waals surface area contributed by atoms with Gasteiger partial charge in [-0.05, 0) is 25.0 Å². The van der Waals surface area contributed by atoms with Crippen LogP contribution in [0.5, 0.6) is 0 Å². The Bertz CT molecular complexity index is 468. The van der Waals surface area contributed by atoms with Crippen LogP contribution in [0.2, 0.25) is 0 Å². The van der Waals surface area contributed by atoms with Crippen molar-refractivity contribution in [1.82, 2.24) is 4.90 Å². The number of nitro benzene ring substituents is 1. The largest absolute Gasteiger partial charge is 0.342 e. The topological polar surface area (TPSA) is 63.4 Å². The smallest absolute Gasteiger partial charge is 0.269 e. The molecule has 5 nitrogen and oxygen atoms in total. The third kappa shape index (κ3) is 4.23. The molecule has 0 atom stereocenters. The zero-order chi connectivity index (χ0) is 14.4. The van der Waals surface area contributed by atoms with Gasteiger partial charge in [0, 0.05) is 30.1 Å². The van der Waals surface area contributed by atoms with E-state index in [2.05, 4.69) is 0 Å². The third-order valence-electron chi connectivity index (χ3n) is 3.37. The van der Waals surface area contributed by atoms with Crippen LogP contribution in [0, 0.1) is 10.1 Å². The zero-order valence-corrected chi connectivity index (χ0v) is 12.1. The third-order valence-corrected chi connectivity index (χ3v) is 4.37. The normalized spacial score (nSPS) is 15.7. The number of benzene rings is 1. The van der Waals surface area contributed by atoms with Crippen LogP contribution in [0.25, 0.3) is 0 Å². The van der Waals surface area contributed by atoms with Crippen molar-refractivity contribution in [3.8, 4) is 0 Å². The van der Waals surface area contributed by atoms with Gasteiger partial charge in [-0.1, -0.05) is 12.8 Å². The van der Waals surface area contributed by atoms with E-state index in [4.69, 9.17) is 0 Å². The molecule has 0 aliphatic carbocycles. The first-order chi connectivity index (χ1) is 9.66. The monoisotopic (exact) mass is 294 g/mol. The minimum Gasteiger partial charge on any atom is -0.342 e. The average Bonchev–Trinajstić information content (AvgIpc) is 2.74. The second-order valence-electron chi connectivity index (χ2n) is 4.83. The predicted molar refractivity (Wildman–Crippen MR) is 78.9 cm³/mol. The Morgan fingerprint density at radius 1 is 1.15 bits per heavy atom. The summed E-state index contributed by atoms with van der Waals surface area (Å²) in [7, 11) is 0. The molecule has 1 aromatic rings. The second kappa shape index (κ2) is 7.28. The summed E-state index contributed by atoms with van der Waals surface area (Å²) in [4.78, 5) is 25.1. The van der Waals surface area contributed by atoms with E-state index in [0.717, 1.165) is 30.8 Å². The number of rotatable bonds is 4.